The predicted octanol–water partition coefficient (Wildman–Crippen LogP) is 5.72. The molecule has 1 rings (SSSR count). The van der Waals surface area contributed by atoms with Crippen LogP contribution in [0.25, 0.3) is 0 Å². The zero-order valence-corrected chi connectivity index (χ0v) is 14.9. The fourth-order valence-electron chi connectivity index (χ4n) is 2.84. The summed E-state index contributed by atoms with van der Waals surface area (Å²) in [4.78, 5) is 0. The summed E-state index contributed by atoms with van der Waals surface area (Å²) in [5, 5.41) is 9.23. The van der Waals surface area contributed by atoms with Crippen LogP contribution in [0.5, 0.6) is 5.75 Å². The second-order valence-electron chi connectivity index (χ2n) is 6.50. The lowest BCUT2D eigenvalue weighted by molar-refractivity contribution is 0.142. The molecule has 1 aromatic carbocycles. The van der Waals surface area contributed by atoms with Crippen molar-refractivity contribution in [1.29, 1.82) is 0 Å². The van der Waals surface area contributed by atoms with Crippen molar-refractivity contribution in [3.63, 3.8) is 0 Å². The molecule has 23 heavy (non-hydrogen) atoms. The van der Waals surface area contributed by atoms with Gasteiger partial charge in [-0.1, -0.05) is 82.9 Å². The molecular weight excluding hydrogens is 284 g/mol. The van der Waals surface area contributed by atoms with Crippen molar-refractivity contribution in [2.75, 3.05) is 6.61 Å². The van der Waals surface area contributed by atoms with Gasteiger partial charge in [-0.05, 0) is 31.4 Å². The maximum Gasteiger partial charge on any atom is 0.122 e. The van der Waals surface area contributed by atoms with Gasteiger partial charge in [-0.3, -0.25) is 0 Å². The van der Waals surface area contributed by atoms with Crippen molar-refractivity contribution >= 4 is 0 Å². The number of para-hydroxylation sites is 1. The molecule has 0 saturated carbocycles. The molecule has 0 aliphatic carbocycles. The molecule has 0 aliphatic rings. The lowest BCUT2D eigenvalue weighted by atomic mass is 10.0. The molecule has 2 nitrogen and oxygen atoms in total. The largest absolute Gasteiger partial charge is 0.491 e. The fraction of sp³-hybridized carbons (Fsp3) is 0.667. The third-order valence-electron chi connectivity index (χ3n) is 4.20. The van der Waals surface area contributed by atoms with Crippen LogP contribution >= 0.6 is 0 Å². The monoisotopic (exact) mass is 319 g/mol. The Morgan fingerprint density at radius 3 is 2.09 bits per heavy atom. The highest BCUT2D eigenvalue weighted by molar-refractivity contribution is 5.33. The van der Waals surface area contributed by atoms with Gasteiger partial charge < -0.3 is 9.84 Å². The van der Waals surface area contributed by atoms with E-state index in [2.05, 4.69) is 26.0 Å². The summed E-state index contributed by atoms with van der Waals surface area (Å²) in [6.07, 6.45) is 14.0. The molecule has 0 spiro atoms. The lowest BCUT2D eigenvalue weighted by Gasteiger charge is -2.12. The van der Waals surface area contributed by atoms with Crippen LogP contribution in [0.1, 0.15) is 76.7 Å². The minimum Gasteiger partial charge on any atom is -0.491 e. The molecule has 1 aromatic rings. The first-order chi connectivity index (χ1) is 11.2. The third-order valence-corrected chi connectivity index (χ3v) is 4.20. The molecule has 131 valence electrons. The normalized spacial score (nSPS) is 12.3. The van der Waals surface area contributed by atoms with Crippen LogP contribution < -0.4 is 4.74 Å². The van der Waals surface area contributed by atoms with Gasteiger partial charge in [0.15, 0.2) is 0 Å². The van der Waals surface area contributed by atoms with Crippen LogP contribution in [0.3, 0.4) is 0 Å². The average molecular weight is 320 g/mol. The predicted molar refractivity (Wildman–Crippen MR) is 98.8 cm³/mol. The van der Waals surface area contributed by atoms with E-state index in [1.165, 1.54) is 69.8 Å². The van der Waals surface area contributed by atoms with Crippen LogP contribution in [-0.2, 0) is 6.42 Å². The van der Waals surface area contributed by atoms with Gasteiger partial charge in [0, 0.05) is 0 Å². The zero-order valence-electron chi connectivity index (χ0n) is 14.9. The summed E-state index contributed by atoms with van der Waals surface area (Å²) in [7, 11) is 0. The summed E-state index contributed by atoms with van der Waals surface area (Å²) in [6, 6.07) is 8.14. The molecular formula is C21H35O2. The van der Waals surface area contributed by atoms with Crippen LogP contribution in [0.15, 0.2) is 24.3 Å². The van der Waals surface area contributed by atoms with Crippen molar-refractivity contribution < 1.29 is 9.84 Å². The molecule has 0 aromatic heterocycles. The minimum atomic E-state index is -0.666. The molecule has 0 amide bonds. The lowest BCUT2D eigenvalue weighted by Crippen LogP contribution is -2.13. The van der Waals surface area contributed by atoms with Gasteiger partial charge in [-0.25, -0.2) is 0 Å². The van der Waals surface area contributed by atoms with Gasteiger partial charge in [0.05, 0.1) is 6.10 Å². The molecule has 1 unspecified atom stereocenters. The van der Waals surface area contributed by atoms with Crippen LogP contribution in [0.4, 0.5) is 0 Å². The standard InChI is InChI=1S/C21H35O2/c1-3-4-5-6-7-8-9-10-11-12-15-20-16-13-14-17-21(20)23-18-19(2)22/h13-14,16-17,19,22H,2-12,15,18H2,1H3. The number of aryl methyl sites for hydroxylation is 1. The van der Waals surface area contributed by atoms with Crippen LogP contribution in [-0.4, -0.2) is 17.8 Å². The molecule has 2 heteroatoms. The highest BCUT2D eigenvalue weighted by Crippen LogP contribution is 2.21. The smallest absolute Gasteiger partial charge is 0.122 e. The summed E-state index contributed by atoms with van der Waals surface area (Å²) >= 11 is 0. The Kier molecular flexibility index (Phi) is 11.7. The third kappa shape index (κ3) is 10.4. The molecule has 0 aliphatic heterocycles. The Hall–Kier alpha value is -1.02. The van der Waals surface area contributed by atoms with Crippen LogP contribution in [0.2, 0.25) is 0 Å². The molecule has 0 bridgehead atoms. The van der Waals surface area contributed by atoms with E-state index in [9.17, 15) is 5.11 Å². The fourth-order valence-corrected chi connectivity index (χ4v) is 2.84. The Morgan fingerprint density at radius 1 is 0.913 bits per heavy atom. The van der Waals surface area contributed by atoms with E-state index in [1.54, 1.807) is 0 Å². The highest BCUT2D eigenvalue weighted by Gasteiger charge is 2.04. The van der Waals surface area contributed by atoms with E-state index in [1.807, 2.05) is 12.1 Å². The maximum absolute atomic E-state index is 9.23. The second kappa shape index (κ2) is 13.4. The number of hydrogen-bond donors (Lipinski definition) is 1. The van der Waals surface area contributed by atoms with Crippen molar-refractivity contribution in [3.05, 3.63) is 36.8 Å². The Balaban J connectivity index is 2.09. The molecule has 0 heterocycles. The number of rotatable bonds is 14. The van der Waals surface area contributed by atoms with E-state index in [-0.39, 0.29) is 6.61 Å². The summed E-state index contributed by atoms with van der Waals surface area (Å²) < 4.78 is 5.63. The van der Waals surface area contributed by atoms with Gasteiger partial charge in [0.2, 0.25) is 0 Å². The number of hydrogen-bond acceptors (Lipinski definition) is 2. The minimum absolute atomic E-state index is 0.259. The first kappa shape index (κ1) is 20.0. The van der Waals surface area contributed by atoms with Gasteiger partial charge in [0.25, 0.3) is 0 Å². The first-order valence-electron chi connectivity index (χ1n) is 9.46. The van der Waals surface area contributed by atoms with Gasteiger partial charge >= 0.3 is 0 Å². The van der Waals surface area contributed by atoms with Gasteiger partial charge in [-0.15, -0.1) is 0 Å². The Labute approximate surface area is 143 Å². The average Bonchev–Trinajstić information content (AvgIpc) is 2.55. The van der Waals surface area contributed by atoms with E-state index in [4.69, 9.17) is 4.74 Å². The van der Waals surface area contributed by atoms with E-state index >= 15 is 0 Å². The molecule has 1 N–H and O–H groups in total. The van der Waals surface area contributed by atoms with Crippen molar-refractivity contribution in [2.45, 2.75) is 83.7 Å². The van der Waals surface area contributed by atoms with Crippen LogP contribution in [0, 0.1) is 6.92 Å². The number of benzene rings is 1. The number of ether oxygens (including phenoxy) is 1. The van der Waals surface area contributed by atoms with E-state index < -0.39 is 6.10 Å². The second-order valence-corrected chi connectivity index (χ2v) is 6.50. The number of unbranched alkanes of at least 4 members (excludes halogenated alkanes) is 9. The van der Waals surface area contributed by atoms with E-state index in [0.29, 0.717) is 0 Å². The zero-order chi connectivity index (χ0) is 16.8. The number of aliphatic hydroxyl groups is 1. The van der Waals surface area contributed by atoms with Crippen molar-refractivity contribution in [2.24, 2.45) is 0 Å². The Bertz CT molecular complexity index is 387. The van der Waals surface area contributed by atoms with Gasteiger partial charge in [0.1, 0.15) is 12.4 Å². The van der Waals surface area contributed by atoms with Crippen molar-refractivity contribution in [3.8, 4) is 5.75 Å². The summed E-state index contributed by atoms with van der Waals surface area (Å²) in [6.45, 7) is 6.07. The highest BCUT2D eigenvalue weighted by atomic mass is 16.5. The molecule has 0 fully saturated rings. The first-order valence-corrected chi connectivity index (χ1v) is 9.46. The Morgan fingerprint density at radius 2 is 1.48 bits per heavy atom. The topological polar surface area (TPSA) is 29.5 Å². The number of aliphatic hydroxyl groups excluding tert-OH is 1. The van der Waals surface area contributed by atoms with Crippen molar-refractivity contribution in [1.82, 2.24) is 0 Å². The van der Waals surface area contributed by atoms with Gasteiger partial charge in [-0.2, -0.15) is 0 Å². The summed E-state index contributed by atoms with van der Waals surface area (Å²) in [5.41, 5.74) is 1.24. The van der Waals surface area contributed by atoms with E-state index in [0.717, 1.165) is 12.2 Å². The SMILES string of the molecule is [CH2]C(O)COc1ccccc1CCCCCCCCCCCC. The molecule has 0 saturated heterocycles. The quantitative estimate of drug-likeness (QED) is 0.444. The maximum atomic E-state index is 9.23. The molecule has 1 radical (unpaired) electrons. The summed E-state index contributed by atoms with van der Waals surface area (Å²) in [5.74, 6) is 0.895. The molecule has 1 atom stereocenters.